The number of hydrogen-bond acceptors (Lipinski definition) is 4. The quantitative estimate of drug-likeness (QED) is 0.539. The third-order valence-corrected chi connectivity index (χ3v) is 6.66. The molecular formula is C25H26F2N4O3. The summed E-state index contributed by atoms with van der Waals surface area (Å²) in [5.41, 5.74) is 2.80. The van der Waals surface area contributed by atoms with Crippen LogP contribution in [0, 0.1) is 11.6 Å². The number of rotatable bonds is 4. The van der Waals surface area contributed by atoms with Gasteiger partial charge in [-0.2, -0.15) is 5.10 Å². The fourth-order valence-corrected chi connectivity index (χ4v) is 4.85. The Morgan fingerprint density at radius 3 is 2.68 bits per heavy atom. The van der Waals surface area contributed by atoms with Crippen LogP contribution in [0.5, 0.6) is 11.5 Å². The van der Waals surface area contributed by atoms with Crippen LogP contribution in [0.2, 0.25) is 0 Å². The molecule has 178 valence electrons. The molecule has 9 heteroatoms. The molecular weight excluding hydrogens is 442 g/mol. The summed E-state index contributed by atoms with van der Waals surface area (Å²) in [6.45, 7) is 3.74. The Kier molecular flexibility index (Phi) is 5.95. The summed E-state index contributed by atoms with van der Waals surface area (Å²) in [5.74, 6) is -1.40. The molecule has 0 spiro atoms. The lowest BCUT2D eigenvalue weighted by Crippen LogP contribution is -2.41. The van der Waals surface area contributed by atoms with Gasteiger partial charge in [-0.3, -0.25) is 9.58 Å². The number of fused-ring (bicyclic) bond motifs is 1. The SMILES string of the molecule is C[C@H]1CCc2c(ccc(-c3cnn(C4CCNCC4)c3)c2Oc2ccc(F)c(F)c2)N1C(=O)O. The van der Waals surface area contributed by atoms with Crippen molar-refractivity contribution >= 4 is 11.8 Å². The summed E-state index contributed by atoms with van der Waals surface area (Å²) in [6.07, 6.45) is 5.86. The van der Waals surface area contributed by atoms with Crippen LogP contribution in [0.15, 0.2) is 42.7 Å². The lowest BCUT2D eigenvalue weighted by molar-refractivity contribution is 0.198. The van der Waals surface area contributed by atoms with Gasteiger partial charge in [0, 0.05) is 35.0 Å². The fraction of sp³-hybridized carbons (Fsp3) is 0.360. The van der Waals surface area contributed by atoms with E-state index in [4.69, 9.17) is 4.74 Å². The van der Waals surface area contributed by atoms with Gasteiger partial charge in [0.15, 0.2) is 11.6 Å². The topological polar surface area (TPSA) is 79.6 Å². The molecule has 1 fully saturated rings. The number of carbonyl (C=O) groups is 1. The first-order valence-electron chi connectivity index (χ1n) is 11.5. The zero-order valence-electron chi connectivity index (χ0n) is 18.8. The molecule has 2 aromatic carbocycles. The second kappa shape index (κ2) is 9.06. The Hall–Kier alpha value is -3.46. The molecule has 34 heavy (non-hydrogen) atoms. The van der Waals surface area contributed by atoms with Crippen LogP contribution in [0.25, 0.3) is 11.1 Å². The van der Waals surface area contributed by atoms with Crippen molar-refractivity contribution in [3.05, 3.63) is 59.9 Å². The fourth-order valence-electron chi connectivity index (χ4n) is 4.85. The molecule has 1 saturated heterocycles. The van der Waals surface area contributed by atoms with Gasteiger partial charge < -0.3 is 15.2 Å². The highest BCUT2D eigenvalue weighted by atomic mass is 19.2. The summed E-state index contributed by atoms with van der Waals surface area (Å²) in [6, 6.07) is 7.08. The van der Waals surface area contributed by atoms with E-state index in [1.165, 1.54) is 11.0 Å². The van der Waals surface area contributed by atoms with Crippen LogP contribution >= 0.6 is 0 Å². The molecule has 0 radical (unpaired) electrons. The average Bonchev–Trinajstić information content (AvgIpc) is 3.32. The lowest BCUT2D eigenvalue weighted by Gasteiger charge is -2.34. The minimum Gasteiger partial charge on any atom is -0.465 e. The molecule has 0 unspecified atom stereocenters. The second-order valence-electron chi connectivity index (χ2n) is 8.85. The highest BCUT2D eigenvalue weighted by molar-refractivity contribution is 5.91. The van der Waals surface area contributed by atoms with Gasteiger partial charge in [-0.15, -0.1) is 0 Å². The van der Waals surface area contributed by atoms with Crippen LogP contribution < -0.4 is 15.0 Å². The molecule has 7 nitrogen and oxygen atoms in total. The van der Waals surface area contributed by atoms with Crippen LogP contribution in [0.1, 0.15) is 37.8 Å². The number of hydrogen-bond donors (Lipinski definition) is 2. The van der Waals surface area contributed by atoms with Gasteiger partial charge in [0.25, 0.3) is 0 Å². The molecule has 3 heterocycles. The maximum Gasteiger partial charge on any atom is 0.412 e. The molecule has 1 atom stereocenters. The van der Waals surface area contributed by atoms with Gasteiger partial charge in [-0.05, 0) is 70.0 Å². The van der Waals surface area contributed by atoms with E-state index in [-0.39, 0.29) is 11.8 Å². The highest BCUT2D eigenvalue weighted by Gasteiger charge is 2.32. The van der Waals surface area contributed by atoms with Gasteiger partial charge in [-0.1, -0.05) is 0 Å². The molecule has 2 aliphatic rings. The Bertz CT molecular complexity index is 1220. The van der Waals surface area contributed by atoms with Crippen molar-refractivity contribution in [2.24, 2.45) is 0 Å². The van der Waals surface area contributed by atoms with Crippen LogP contribution in [-0.4, -0.2) is 40.1 Å². The van der Waals surface area contributed by atoms with Crippen LogP contribution in [-0.2, 0) is 6.42 Å². The predicted octanol–water partition coefficient (Wildman–Crippen LogP) is 5.36. The zero-order chi connectivity index (χ0) is 23.8. The van der Waals surface area contributed by atoms with Crippen molar-refractivity contribution in [1.29, 1.82) is 0 Å². The minimum absolute atomic E-state index is 0.139. The van der Waals surface area contributed by atoms with Gasteiger partial charge in [0.2, 0.25) is 0 Å². The van der Waals surface area contributed by atoms with E-state index in [1.54, 1.807) is 12.3 Å². The summed E-state index contributed by atoms with van der Waals surface area (Å²) in [5, 5.41) is 17.7. The molecule has 1 amide bonds. The summed E-state index contributed by atoms with van der Waals surface area (Å²) < 4.78 is 35.5. The van der Waals surface area contributed by atoms with Crippen LogP contribution in [0.4, 0.5) is 19.3 Å². The monoisotopic (exact) mass is 468 g/mol. The third kappa shape index (κ3) is 4.11. The van der Waals surface area contributed by atoms with Crippen molar-refractivity contribution < 1.29 is 23.4 Å². The first-order chi connectivity index (χ1) is 16.4. The van der Waals surface area contributed by atoms with E-state index in [9.17, 15) is 18.7 Å². The molecule has 2 aliphatic heterocycles. The highest BCUT2D eigenvalue weighted by Crippen LogP contribution is 2.45. The number of nitrogens with one attached hydrogen (secondary N) is 1. The third-order valence-electron chi connectivity index (χ3n) is 6.66. The summed E-state index contributed by atoms with van der Waals surface area (Å²) in [7, 11) is 0. The Morgan fingerprint density at radius 1 is 1.15 bits per heavy atom. The molecule has 5 rings (SSSR count). The van der Waals surface area contributed by atoms with Gasteiger partial charge >= 0.3 is 6.09 Å². The molecule has 3 aromatic rings. The maximum atomic E-state index is 13.9. The lowest BCUT2D eigenvalue weighted by atomic mass is 9.92. The van der Waals surface area contributed by atoms with E-state index in [2.05, 4.69) is 10.4 Å². The first kappa shape index (κ1) is 22.3. The number of ether oxygens (including phenoxy) is 1. The van der Waals surface area contributed by atoms with Crippen LogP contribution in [0.3, 0.4) is 0 Å². The van der Waals surface area contributed by atoms with Crippen molar-refractivity contribution in [3.8, 4) is 22.6 Å². The zero-order valence-corrected chi connectivity index (χ0v) is 18.8. The molecule has 0 saturated carbocycles. The first-order valence-corrected chi connectivity index (χ1v) is 11.5. The van der Waals surface area contributed by atoms with E-state index in [0.717, 1.165) is 54.8 Å². The van der Waals surface area contributed by atoms with E-state index in [0.29, 0.717) is 30.3 Å². The Labute approximate surface area is 196 Å². The van der Waals surface area contributed by atoms with Gasteiger partial charge in [0.05, 0.1) is 17.9 Å². The van der Waals surface area contributed by atoms with Crippen molar-refractivity contribution in [1.82, 2.24) is 15.1 Å². The normalized spacial score (nSPS) is 18.6. The summed E-state index contributed by atoms with van der Waals surface area (Å²) >= 11 is 0. The standard InChI is InChI=1S/C25H26F2N4O3/c1-15-2-4-20-23(31(15)25(32)33)7-5-19(24(20)34-18-3-6-21(26)22(27)12-18)16-13-29-30(14-16)17-8-10-28-11-9-17/h3,5-7,12-15,17,28H,2,4,8-11H2,1H3,(H,32,33)/t15-/m0/s1. The number of aromatic nitrogens is 2. The maximum absolute atomic E-state index is 13.9. The van der Waals surface area contributed by atoms with Gasteiger partial charge in [-0.25, -0.2) is 13.6 Å². The molecule has 2 N–H and O–H groups in total. The Morgan fingerprint density at radius 2 is 1.94 bits per heavy atom. The summed E-state index contributed by atoms with van der Waals surface area (Å²) in [4.78, 5) is 13.3. The van der Waals surface area contributed by atoms with Crippen molar-refractivity contribution in [2.75, 3.05) is 18.0 Å². The van der Waals surface area contributed by atoms with Crippen molar-refractivity contribution in [2.45, 2.75) is 44.7 Å². The Balaban J connectivity index is 1.60. The number of piperidine rings is 1. The number of halogens is 2. The number of nitrogens with zero attached hydrogens (tertiary/aromatic N) is 3. The number of carboxylic acid groups (broad SMARTS) is 1. The van der Waals surface area contributed by atoms with E-state index in [1.807, 2.05) is 23.9 Å². The van der Waals surface area contributed by atoms with Crippen molar-refractivity contribution in [3.63, 3.8) is 0 Å². The number of anilines is 1. The van der Waals surface area contributed by atoms with E-state index >= 15 is 0 Å². The molecule has 1 aromatic heterocycles. The smallest absolute Gasteiger partial charge is 0.412 e. The number of benzene rings is 2. The molecule has 0 aliphatic carbocycles. The average molecular weight is 469 g/mol. The number of amides is 1. The predicted molar refractivity (Wildman–Crippen MR) is 124 cm³/mol. The van der Waals surface area contributed by atoms with E-state index < -0.39 is 17.7 Å². The largest absolute Gasteiger partial charge is 0.465 e. The minimum atomic E-state index is -1.04. The molecule has 0 bridgehead atoms. The van der Waals surface area contributed by atoms with Gasteiger partial charge in [0.1, 0.15) is 11.5 Å². The second-order valence-corrected chi connectivity index (χ2v) is 8.85.